The summed E-state index contributed by atoms with van der Waals surface area (Å²) in [6, 6.07) is 17.3. The lowest BCUT2D eigenvalue weighted by Crippen LogP contribution is -2.30. The molecule has 0 aliphatic heterocycles. The van der Waals surface area contributed by atoms with Gasteiger partial charge in [0.25, 0.3) is 5.91 Å². The largest absolute Gasteiger partial charge is 0.491 e. The number of amides is 1. The summed E-state index contributed by atoms with van der Waals surface area (Å²) < 4.78 is 45.8. The number of halogens is 3. The molecule has 1 aromatic heterocycles. The van der Waals surface area contributed by atoms with Crippen molar-refractivity contribution in [3.63, 3.8) is 0 Å². The van der Waals surface area contributed by atoms with Crippen LogP contribution < -0.4 is 27.3 Å². The van der Waals surface area contributed by atoms with Crippen molar-refractivity contribution in [3.8, 4) is 5.75 Å². The number of aromatic nitrogens is 1. The minimum Gasteiger partial charge on any atom is -0.417 e. The van der Waals surface area contributed by atoms with E-state index in [1.165, 1.54) is 22.8 Å². The van der Waals surface area contributed by atoms with E-state index >= 15 is 0 Å². The summed E-state index contributed by atoms with van der Waals surface area (Å²) >= 11 is 0. The fourth-order valence-electron chi connectivity index (χ4n) is 4.07. The van der Waals surface area contributed by atoms with Crippen LogP contribution in [0.1, 0.15) is 32.7 Å². The van der Waals surface area contributed by atoms with Crippen LogP contribution in [-0.2, 0) is 17.9 Å². The first-order valence-corrected chi connectivity index (χ1v) is 11.7. The lowest BCUT2D eigenvalue weighted by molar-refractivity contribution is -0.189. The third-order valence-electron chi connectivity index (χ3n) is 5.98. The zero-order valence-corrected chi connectivity index (χ0v) is 20.8. The topological polar surface area (TPSA) is 186 Å². The Labute approximate surface area is 225 Å². The fourth-order valence-corrected chi connectivity index (χ4v) is 4.07. The van der Waals surface area contributed by atoms with E-state index in [4.69, 9.17) is 32.8 Å². The number of anilines is 1. The third kappa shape index (κ3) is 5.88. The molecule has 0 radical (unpaired) electrons. The molecule has 0 fully saturated rings. The number of nitrogens with two attached hydrogens (primary N) is 3. The van der Waals surface area contributed by atoms with Gasteiger partial charge in [0, 0.05) is 35.3 Å². The number of esters is 1. The van der Waals surface area contributed by atoms with Crippen molar-refractivity contribution < 1.29 is 27.5 Å². The van der Waals surface area contributed by atoms with Gasteiger partial charge in [-0.3, -0.25) is 15.6 Å². The highest BCUT2D eigenvalue weighted by Gasteiger charge is 2.43. The quantitative estimate of drug-likeness (QED) is 0.0844. The van der Waals surface area contributed by atoms with Crippen molar-refractivity contribution in [2.45, 2.75) is 19.3 Å². The van der Waals surface area contributed by atoms with Crippen LogP contribution >= 0.6 is 0 Å². The number of benzene rings is 3. The molecule has 4 aromatic rings. The normalized spacial score (nSPS) is 11.3. The summed E-state index contributed by atoms with van der Waals surface area (Å²) in [4.78, 5) is 25.4. The lowest BCUT2D eigenvalue weighted by atomic mass is 10.1. The highest BCUT2D eigenvalue weighted by atomic mass is 19.4. The maximum atomic E-state index is 13.5. The van der Waals surface area contributed by atoms with E-state index in [0.29, 0.717) is 22.3 Å². The maximum Gasteiger partial charge on any atom is 0.491 e. The Morgan fingerprint density at radius 2 is 1.57 bits per heavy atom. The Hall–Kier alpha value is -5.33. The Morgan fingerprint density at radius 1 is 0.900 bits per heavy atom. The summed E-state index contributed by atoms with van der Waals surface area (Å²) in [5.74, 6) is -4.25. The van der Waals surface area contributed by atoms with Gasteiger partial charge < -0.3 is 31.8 Å². The maximum absolute atomic E-state index is 13.5. The van der Waals surface area contributed by atoms with E-state index in [1.54, 1.807) is 48.5 Å². The van der Waals surface area contributed by atoms with Crippen LogP contribution in [0.25, 0.3) is 10.9 Å². The Morgan fingerprint density at radius 3 is 2.20 bits per heavy atom. The van der Waals surface area contributed by atoms with Crippen molar-refractivity contribution in [1.29, 1.82) is 10.8 Å². The molecule has 0 bridgehead atoms. The molecular weight excluding hydrogens is 527 g/mol. The second-order valence-electron chi connectivity index (χ2n) is 8.84. The molecule has 9 N–H and O–H groups in total. The van der Waals surface area contributed by atoms with Gasteiger partial charge in [0.15, 0.2) is 11.4 Å². The van der Waals surface area contributed by atoms with Crippen molar-refractivity contribution in [2.24, 2.45) is 11.5 Å². The van der Waals surface area contributed by atoms with Crippen LogP contribution in [-0.4, -0.2) is 34.3 Å². The number of carbonyl (C=O) groups is 2. The number of hydrogen-bond donors (Lipinski definition) is 6. The Kier molecular flexibility index (Phi) is 7.48. The van der Waals surface area contributed by atoms with E-state index in [0.717, 1.165) is 0 Å². The number of nitrogens with zero attached hydrogens (tertiary/aromatic N) is 1. The molecule has 1 amide bonds. The first kappa shape index (κ1) is 27.7. The molecule has 0 saturated heterocycles. The van der Waals surface area contributed by atoms with Crippen LogP contribution in [0.4, 0.5) is 18.9 Å². The average molecular weight is 552 g/mol. The highest BCUT2D eigenvalue weighted by Crippen LogP contribution is 2.37. The summed E-state index contributed by atoms with van der Waals surface area (Å²) in [5.41, 5.74) is 19.1. The Balaban J connectivity index is 1.82. The third-order valence-corrected chi connectivity index (χ3v) is 5.98. The molecule has 13 heteroatoms. The molecule has 1 heterocycles. The van der Waals surface area contributed by atoms with E-state index in [1.807, 2.05) is 0 Å². The molecule has 0 atom stereocenters. The number of carbonyl (C=O) groups excluding carboxylic acids is 2. The van der Waals surface area contributed by atoms with Gasteiger partial charge in [-0.05, 0) is 35.4 Å². The highest BCUT2D eigenvalue weighted by molar-refractivity contribution is 6.06. The first-order valence-electron chi connectivity index (χ1n) is 11.7. The molecule has 0 unspecified atom stereocenters. The van der Waals surface area contributed by atoms with Crippen molar-refractivity contribution in [2.75, 3.05) is 5.73 Å². The SMILES string of the molecule is N=C(N)c1ccc(CNC(=O)c2c(OC(=O)C(F)(F)F)c3cc(N)ccc3n2Cc2cccc(C(=N)N)c2)cc1. The summed E-state index contributed by atoms with van der Waals surface area (Å²) in [6.45, 7) is -0.0751. The second kappa shape index (κ2) is 10.8. The number of nitrogens with one attached hydrogen (secondary N) is 3. The van der Waals surface area contributed by atoms with Gasteiger partial charge in [-0.1, -0.05) is 42.5 Å². The van der Waals surface area contributed by atoms with Gasteiger partial charge >= 0.3 is 12.1 Å². The molecule has 40 heavy (non-hydrogen) atoms. The van der Waals surface area contributed by atoms with E-state index < -0.39 is 23.8 Å². The number of hydrogen-bond acceptors (Lipinski definition) is 6. The number of alkyl halides is 3. The van der Waals surface area contributed by atoms with Crippen LogP contribution in [0.3, 0.4) is 0 Å². The molecule has 0 aliphatic rings. The molecular formula is C27H24F3N7O3. The van der Waals surface area contributed by atoms with Crippen LogP contribution in [0, 0.1) is 10.8 Å². The van der Waals surface area contributed by atoms with Gasteiger partial charge in [-0.25, -0.2) is 4.79 Å². The minimum atomic E-state index is -5.32. The molecule has 4 rings (SSSR count). The fraction of sp³-hybridized carbons (Fsp3) is 0.111. The van der Waals surface area contributed by atoms with Crippen molar-refractivity contribution in [3.05, 3.63) is 94.7 Å². The van der Waals surface area contributed by atoms with Crippen LogP contribution in [0.5, 0.6) is 5.75 Å². The van der Waals surface area contributed by atoms with Gasteiger partial charge in [-0.15, -0.1) is 0 Å². The molecule has 0 saturated carbocycles. The molecule has 3 aromatic carbocycles. The molecule has 0 spiro atoms. The van der Waals surface area contributed by atoms with Crippen LogP contribution in [0.15, 0.2) is 66.7 Å². The number of ether oxygens (including phenoxy) is 1. The van der Waals surface area contributed by atoms with Crippen molar-refractivity contribution >= 4 is 40.1 Å². The number of fused-ring (bicyclic) bond motifs is 1. The molecule has 0 aliphatic carbocycles. The van der Waals surface area contributed by atoms with Crippen LogP contribution in [0.2, 0.25) is 0 Å². The summed E-state index contributed by atoms with van der Waals surface area (Å²) in [5, 5.41) is 17.9. The van der Waals surface area contributed by atoms with Gasteiger partial charge in [0.2, 0.25) is 0 Å². The monoisotopic (exact) mass is 551 g/mol. The lowest BCUT2D eigenvalue weighted by Gasteiger charge is -2.14. The first-order chi connectivity index (χ1) is 18.8. The smallest absolute Gasteiger partial charge is 0.417 e. The van der Waals surface area contributed by atoms with Crippen molar-refractivity contribution in [1.82, 2.24) is 9.88 Å². The Bertz CT molecular complexity index is 1640. The number of amidine groups is 2. The molecule has 10 nitrogen and oxygen atoms in total. The standard InChI is InChI=1S/C27H24F3N7O3/c28-27(29,30)26(39)40-22-19-11-18(31)8-9-20(19)37(13-15-2-1-3-17(10-15)24(34)35)21(22)25(38)36-12-14-4-6-16(7-5-14)23(32)33/h1-11H,12-13,31H2,(H3,32,33)(H3,34,35)(H,36,38). The second-order valence-corrected chi connectivity index (χ2v) is 8.84. The van der Waals surface area contributed by atoms with E-state index in [9.17, 15) is 22.8 Å². The predicted molar refractivity (Wildman–Crippen MR) is 143 cm³/mol. The van der Waals surface area contributed by atoms with Gasteiger partial charge in [0.05, 0.1) is 5.52 Å². The summed E-state index contributed by atoms with van der Waals surface area (Å²) in [7, 11) is 0. The molecule has 206 valence electrons. The predicted octanol–water partition coefficient (Wildman–Crippen LogP) is 3.24. The van der Waals surface area contributed by atoms with E-state index in [2.05, 4.69) is 5.32 Å². The van der Waals surface area contributed by atoms with Gasteiger partial charge in [0.1, 0.15) is 11.7 Å². The zero-order chi connectivity index (χ0) is 29.2. The number of rotatable bonds is 8. The average Bonchev–Trinajstić information content (AvgIpc) is 3.18. The van der Waals surface area contributed by atoms with E-state index in [-0.39, 0.29) is 47.0 Å². The minimum absolute atomic E-state index is 0.0243. The zero-order valence-electron chi connectivity index (χ0n) is 20.8. The van der Waals surface area contributed by atoms with Gasteiger partial charge in [-0.2, -0.15) is 13.2 Å². The summed E-state index contributed by atoms with van der Waals surface area (Å²) in [6.07, 6.45) is -5.32. The number of nitrogen functional groups attached to an aromatic ring is 3.